The molecular formula is C22H25FIN3O4. The molecule has 0 fully saturated rings. The number of halogens is 2. The summed E-state index contributed by atoms with van der Waals surface area (Å²) in [7, 11) is 0. The lowest BCUT2D eigenvalue weighted by Gasteiger charge is -2.16. The zero-order valence-electron chi connectivity index (χ0n) is 17.7. The Kier molecular flexibility index (Phi) is 9.22. The van der Waals surface area contributed by atoms with Gasteiger partial charge in [0.15, 0.2) is 11.5 Å². The second-order valence-electron chi connectivity index (χ2n) is 6.85. The Morgan fingerprint density at radius 2 is 1.90 bits per heavy atom. The third-order valence-electron chi connectivity index (χ3n) is 3.99. The summed E-state index contributed by atoms with van der Waals surface area (Å²) in [4.78, 5) is 24.4. The van der Waals surface area contributed by atoms with E-state index >= 15 is 0 Å². The van der Waals surface area contributed by atoms with Gasteiger partial charge in [-0.25, -0.2) is 9.82 Å². The number of anilines is 1. The predicted octanol–water partition coefficient (Wildman–Crippen LogP) is 4.34. The Morgan fingerprint density at radius 3 is 2.55 bits per heavy atom. The van der Waals surface area contributed by atoms with Crippen molar-refractivity contribution in [2.24, 2.45) is 11.0 Å². The van der Waals surface area contributed by atoms with Crippen molar-refractivity contribution in [1.82, 2.24) is 5.43 Å². The minimum Gasteiger partial charge on any atom is -0.490 e. The van der Waals surface area contributed by atoms with Gasteiger partial charge in [0.25, 0.3) is 5.91 Å². The number of benzene rings is 2. The topological polar surface area (TPSA) is 89.0 Å². The van der Waals surface area contributed by atoms with Gasteiger partial charge in [0, 0.05) is 0 Å². The van der Waals surface area contributed by atoms with E-state index in [9.17, 15) is 14.0 Å². The van der Waals surface area contributed by atoms with Crippen LogP contribution in [0.1, 0.15) is 33.3 Å². The molecule has 0 aliphatic rings. The maximum atomic E-state index is 13.7. The fourth-order valence-corrected chi connectivity index (χ4v) is 3.22. The quantitative estimate of drug-likeness (QED) is 0.214. The van der Waals surface area contributed by atoms with Crippen LogP contribution in [0.2, 0.25) is 0 Å². The number of carbonyl (C=O) groups is 2. The average Bonchev–Trinajstić information content (AvgIpc) is 2.71. The number of hydrogen-bond donors (Lipinski definition) is 2. The second-order valence-corrected chi connectivity index (χ2v) is 8.02. The lowest BCUT2D eigenvalue weighted by atomic mass is 10.1. The molecular weight excluding hydrogens is 516 g/mol. The summed E-state index contributed by atoms with van der Waals surface area (Å²) >= 11 is 2.14. The molecule has 1 unspecified atom stereocenters. The first-order chi connectivity index (χ1) is 14.7. The Bertz CT molecular complexity index is 966. The number of nitrogens with zero attached hydrogens (tertiary/aromatic N) is 1. The van der Waals surface area contributed by atoms with Crippen LogP contribution in [-0.4, -0.2) is 30.7 Å². The molecule has 0 aliphatic heterocycles. The van der Waals surface area contributed by atoms with Crippen LogP contribution in [0.15, 0.2) is 41.5 Å². The molecule has 0 aliphatic carbocycles. The van der Waals surface area contributed by atoms with Crippen molar-refractivity contribution in [2.75, 3.05) is 11.9 Å². The lowest BCUT2D eigenvalue weighted by Crippen LogP contribution is -2.34. The predicted molar refractivity (Wildman–Crippen MR) is 126 cm³/mol. The van der Waals surface area contributed by atoms with E-state index in [2.05, 4.69) is 38.4 Å². The van der Waals surface area contributed by atoms with Crippen molar-refractivity contribution < 1.29 is 23.5 Å². The maximum Gasteiger partial charge on any atom is 0.252 e. The van der Waals surface area contributed by atoms with Gasteiger partial charge in [-0.2, -0.15) is 5.10 Å². The van der Waals surface area contributed by atoms with Gasteiger partial charge >= 0.3 is 0 Å². The highest BCUT2D eigenvalue weighted by atomic mass is 127. The first-order valence-corrected chi connectivity index (χ1v) is 10.8. The fraction of sp³-hybridized carbons (Fsp3) is 0.318. The van der Waals surface area contributed by atoms with E-state index in [1.807, 2.05) is 26.8 Å². The summed E-state index contributed by atoms with van der Waals surface area (Å²) in [5, 5.41) is 6.32. The van der Waals surface area contributed by atoms with Gasteiger partial charge in [-0.05, 0) is 80.1 Å². The number of nitrogens with one attached hydrogen (secondary N) is 2. The van der Waals surface area contributed by atoms with Gasteiger partial charge < -0.3 is 14.8 Å². The van der Waals surface area contributed by atoms with Crippen LogP contribution in [0.25, 0.3) is 0 Å². The van der Waals surface area contributed by atoms with Crippen LogP contribution >= 0.6 is 22.6 Å². The Balaban J connectivity index is 2.04. The van der Waals surface area contributed by atoms with Gasteiger partial charge in [-0.1, -0.05) is 12.1 Å². The van der Waals surface area contributed by atoms with E-state index in [0.717, 1.165) is 3.57 Å². The van der Waals surface area contributed by atoms with Crippen LogP contribution in [0.4, 0.5) is 10.1 Å². The smallest absolute Gasteiger partial charge is 0.252 e. The van der Waals surface area contributed by atoms with Crippen molar-refractivity contribution >= 4 is 46.3 Å². The van der Waals surface area contributed by atoms with Crippen LogP contribution in [0.5, 0.6) is 11.5 Å². The number of hydrogen-bond acceptors (Lipinski definition) is 5. The zero-order chi connectivity index (χ0) is 23.0. The third kappa shape index (κ3) is 7.20. The van der Waals surface area contributed by atoms with Crippen LogP contribution < -0.4 is 20.2 Å². The van der Waals surface area contributed by atoms with E-state index in [-0.39, 0.29) is 11.8 Å². The van der Waals surface area contributed by atoms with E-state index < -0.39 is 23.5 Å². The fourth-order valence-electron chi connectivity index (χ4n) is 2.47. The van der Waals surface area contributed by atoms with Gasteiger partial charge in [0.05, 0.1) is 28.2 Å². The van der Waals surface area contributed by atoms with E-state index in [1.165, 1.54) is 31.3 Å². The molecule has 2 amide bonds. The highest BCUT2D eigenvalue weighted by Crippen LogP contribution is 2.34. The minimum absolute atomic E-state index is 0.0106. The van der Waals surface area contributed by atoms with Gasteiger partial charge in [0.1, 0.15) is 11.7 Å². The largest absolute Gasteiger partial charge is 0.490 e. The zero-order valence-corrected chi connectivity index (χ0v) is 19.9. The maximum absolute atomic E-state index is 13.7. The summed E-state index contributed by atoms with van der Waals surface area (Å²) in [6.07, 6.45) is 1.44. The molecule has 2 aromatic rings. The highest BCUT2D eigenvalue weighted by molar-refractivity contribution is 14.1. The summed E-state index contributed by atoms with van der Waals surface area (Å²) in [5.41, 5.74) is 3.03. The molecule has 7 nitrogen and oxygen atoms in total. The lowest BCUT2D eigenvalue weighted by molar-refractivity contribution is -0.131. The van der Waals surface area contributed by atoms with Crippen molar-refractivity contribution in [3.63, 3.8) is 0 Å². The summed E-state index contributed by atoms with van der Waals surface area (Å²) < 4.78 is 26.0. The van der Waals surface area contributed by atoms with Crippen LogP contribution in [-0.2, 0) is 9.59 Å². The van der Waals surface area contributed by atoms with Gasteiger partial charge in [-0.15, -0.1) is 0 Å². The minimum atomic E-state index is -1.07. The summed E-state index contributed by atoms with van der Waals surface area (Å²) in [6, 6.07) is 9.33. The standard InChI is InChI=1S/C22H25FIN3O4/c1-5-30-19-11-15(10-17(24)20(19)31-13(2)3)12-25-27-22(29)14(4)21(28)26-18-9-7-6-8-16(18)23/h6-14H,5H2,1-4H3,(H,26,28)(H,27,29). The molecule has 2 rings (SSSR count). The summed E-state index contributed by atoms with van der Waals surface area (Å²) in [6.45, 7) is 7.62. The molecule has 2 aromatic carbocycles. The molecule has 0 spiro atoms. The monoisotopic (exact) mass is 541 g/mol. The number of carbonyl (C=O) groups excluding carboxylic acids is 2. The molecule has 0 heterocycles. The molecule has 0 radical (unpaired) electrons. The number of rotatable bonds is 9. The molecule has 0 saturated carbocycles. The van der Waals surface area contributed by atoms with Gasteiger partial charge in [-0.3, -0.25) is 9.59 Å². The normalized spacial score (nSPS) is 12.0. The SMILES string of the molecule is CCOc1cc(C=NNC(=O)C(C)C(=O)Nc2ccccc2F)cc(I)c1OC(C)C. The first-order valence-electron chi connectivity index (χ1n) is 9.74. The van der Waals surface area contributed by atoms with Crippen molar-refractivity contribution in [3.05, 3.63) is 51.3 Å². The second kappa shape index (κ2) is 11.6. The molecule has 1 atom stereocenters. The molecule has 0 bridgehead atoms. The van der Waals surface area contributed by atoms with Crippen LogP contribution in [0, 0.1) is 15.3 Å². The molecule has 166 valence electrons. The number of ether oxygens (including phenoxy) is 2. The molecule has 31 heavy (non-hydrogen) atoms. The van der Waals surface area contributed by atoms with Crippen molar-refractivity contribution in [1.29, 1.82) is 0 Å². The highest BCUT2D eigenvalue weighted by Gasteiger charge is 2.22. The third-order valence-corrected chi connectivity index (χ3v) is 4.79. The average molecular weight is 541 g/mol. The molecule has 0 aromatic heterocycles. The van der Waals surface area contributed by atoms with Crippen molar-refractivity contribution in [2.45, 2.75) is 33.8 Å². The summed E-state index contributed by atoms with van der Waals surface area (Å²) in [5.74, 6) is -1.68. The molecule has 0 saturated heterocycles. The van der Waals surface area contributed by atoms with Crippen LogP contribution in [0.3, 0.4) is 0 Å². The van der Waals surface area contributed by atoms with E-state index in [1.54, 1.807) is 12.1 Å². The van der Waals surface area contributed by atoms with Crippen molar-refractivity contribution in [3.8, 4) is 11.5 Å². The number of hydrazone groups is 1. The Labute approximate surface area is 194 Å². The number of amides is 2. The van der Waals surface area contributed by atoms with E-state index in [4.69, 9.17) is 9.47 Å². The number of para-hydroxylation sites is 1. The first kappa shape index (κ1) is 24.6. The Morgan fingerprint density at radius 1 is 1.19 bits per heavy atom. The molecule has 2 N–H and O–H groups in total. The Hall–Kier alpha value is -2.69. The molecule has 9 heteroatoms. The van der Waals surface area contributed by atoms with Gasteiger partial charge in [0.2, 0.25) is 5.91 Å². The van der Waals surface area contributed by atoms with E-state index in [0.29, 0.717) is 23.7 Å².